The monoisotopic (exact) mass is 456 g/mol. The molecule has 0 bridgehead atoms. The van der Waals surface area contributed by atoms with E-state index >= 15 is 0 Å². The van der Waals surface area contributed by atoms with E-state index in [0.717, 1.165) is 18.7 Å². The summed E-state index contributed by atoms with van der Waals surface area (Å²) in [6, 6.07) is 4.09. The van der Waals surface area contributed by atoms with Crippen molar-refractivity contribution in [1.29, 1.82) is 0 Å². The van der Waals surface area contributed by atoms with Crippen molar-refractivity contribution >= 4 is 21.8 Å². The standard InChI is InChI=1S/C21H33FN4O4S/c1-15(20(27)23-12-13-26(2)3)25-21(28)17-6-4-16(5-7-17)14-24-31(29,30)19-10-8-18(22)9-11-19/h8-11,15-17,24H,4-7,12-14H2,1-3H3,(H,23,27)(H,25,28)/t15-,16?,17?/m1/s1. The molecule has 0 unspecified atom stereocenters. The third-order valence-corrected chi connectivity index (χ3v) is 6.95. The van der Waals surface area contributed by atoms with Crippen molar-refractivity contribution in [2.45, 2.75) is 43.5 Å². The molecule has 1 atom stereocenters. The van der Waals surface area contributed by atoms with Gasteiger partial charge >= 0.3 is 0 Å². The van der Waals surface area contributed by atoms with E-state index in [1.165, 1.54) is 12.1 Å². The highest BCUT2D eigenvalue weighted by Crippen LogP contribution is 2.29. The van der Waals surface area contributed by atoms with Gasteiger partial charge in [0.05, 0.1) is 4.90 Å². The fourth-order valence-electron chi connectivity index (χ4n) is 3.51. The van der Waals surface area contributed by atoms with Gasteiger partial charge in [-0.3, -0.25) is 9.59 Å². The van der Waals surface area contributed by atoms with Crippen molar-refractivity contribution in [2.75, 3.05) is 33.7 Å². The first kappa shape index (κ1) is 25.2. The number of hydrogen-bond donors (Lipinski definition) is 3. The summed E-state index contributed by atoms with van der Waals surface area (Å²) in [6.07, 6.45) is 2.72. The summed E-state index contributed by atoms with van der Waals surface area (Å²) < 4.78 is 40.2. The summed E-state index contributed by atoms with van der Waals surface area (Å²) in [4.78, 5) is 26.6. The van der Waals surface area contributed by atoms with Crippen LogP contribution in [0.4, 0.5) is 4.39 Å². The van der Waals surface area contributed by atoms with Gasteiger partial charge in [-0.05, 0) is 76.9 Å². The number of nitrogens with zero attached hydrogens (tertiary/aromatic N) is 1. The summed E-state index contributed by atoms with van der Waals surface area (Å²) in [5.74, 6) is -0.886. The van der Waals surface area contributed by atoms with Crippen LogP contribution >= 0.6 is 0 Å². The van der Waals surface area contributed by atoms with Crippen LogP contribution < -0.4 is 15.4 Å². The van der Waals surface area contributed by atoms with E-state index in [4.69, 9.17) is 0 Å². The number of likely N-dealkylation sites (N-methyl/N-ethyl adjacent to an activating group) is 1. The zero-order valence-corrected chi connectivity index (χ0v) is 19.2. The molecule has 0 radical (unpaired) electrons. The number of sulfonamides is 1. The number of nitrogens with one attached hydrogen (secondary N) is 3. The SMILES string of the molecule is C[C@@H](NC(=O)C1CCC(CNS(=O)(=O)c2ccc(F)cc2)CC1)C(=O)NCCN(C)C. The van der Waals surface area contributed by atoms with Crippen molar-refractivity contribution in [2.24, 2.45) is 11.8 Å². The molecule has 8 nitrogen and oxygen atoms in total. The maximum atomic E-state index is 13.0. The van der Waals surface area contributed by atoms with Crippen molar-refractivity contribution in [3.05, 3.63) is 30.1 Å². The van der Waals surface area contributed by atoms with Crippen molar-refractivity contribution < 1.29 is 22.4 Å². The topological polar surface area (TPSA) is 108 Å². The van der Waals surface area contributed by atoms with Crippen LogP contribution in [0.5, 0.6) is 0 Å². The van der Waals surface area contributed by atoms with Crippen LogP contribution in [0.3, 0.4) is 0 Å². The van der Waals surface area contributed by atoms with E-state index < -0.39 is 21.9 Å². The number of benzene rings is 1. The maximum absolute atomic E-state index is 13.0. The number of carbonyl (C=O) groups excluding carboxylic acids is 2. The number of amides is 2. The Labute approximate surface area is 184 Å². The maximum Gasteiger partial charge on any atom is 0.242 e. The van der Waals surface area contributed by atoms with E-state index in [1.54, 1.807) is 6.92 Å². The highest BCUT2D eigenvalue weighted by atomic mass is 32.2. The normalized spacial score (nSPS) is 20.3. The number of rotatable bonds is 10. The molecule has 1 saturated carbocycles. The molecule has 1 aromatic carbocycles. The van der Waals surface area contributed by atoms with E-state index in [-0.39, 0.29) is 35.1 Å². The molecule has 0 saturated heterocycles. The summed E-state index contributed by atoms with van der Waals surface area (Å²) in [5.41, 5.74) is 0. The average Bonchev–Trinajstić information content (AvgIpc) is 2.72. The molecule has 3 N–H and O–H groups in total. The van der Waals surface area contributed by atoms with E-state index in [9.17, 15) is 22.4 Å². The Kier molecular flexibility index (Phi) is 9.39. The molecule has 10 heteroatoms. The second-order valence-electron chi connectivity index (χ2n) is 8.35. The Morgan fingerprint density at radius 2 is 1.74 bits per heavy atom. The average molecular weight is 457 g/mol. The zero-order chi connectivity index (χ0) is 23.0. The fraction of sp³-hybridized carbons (Fsp3) is 0.619. The van der Waals surface area contributed by atoms with Gasteiger partial charge in [0, 0.05) is 25.6 Å². The Hall–Kier alpha value is -2.04. The van der Waals surface area contributed by atoms with E-state index in [2.05, 4.69) is 15.4 Å². The Morgan fingerprint density at radius 1 is 1.13 bits per heavy atom. The lowest BCUT2D eigenvalue weighted by atomic mass is 9.81. The molecule has 1 aliphatic carbocycles. The van der Waals surface area contributed by atoms with Crippen LogP contribution in [0.1, 0.15) is 32.6 Å². The smallest absolute Gasteiger partial charge is 0.242 e. The van der Waals surface area contributed by atoms with Gasteiger partial charge in [-0.15, -0.1) is 0 Å². The number of halogens is 1. The van der Waals surface area contributed by atoms with Crippen LogP contribution in [-0.4, -0.2) is 64.9 Å². The van der Waals surface area contributed by atoms with Gasteiger partial charge in [-0.2, -0.15) is 0 Å². The first-order chi connectivity index (χ1) is 14.6. The first-order valence-corrected chi connectivity index (χ1v) is 12.0. The third-order valence-electron chi connectivity index (χ3n) is 5.51. The molecule has 174 valence electrons. The van der Waals surface area contributed by atoms with Gasteiger partial charge in [0.25, 0.3) is 0 Å². The molecule has 0 heterocycles. The number of hydrogen-bond acceptors (Lipinski definition) is 5. The van der Waals surface area contributed by atoms with Gasteiger partial charge in [0.1, 0.15) is 11.9 Å². The molecular weight excluding hydrogens is 423 g/mol. The van der Waals surface area contributed by atoms with Gasteiger partial charge in [0.15, 0.2) is 0 Å². The molecule has 2 rings (SSSR count). The molecule has 0 aromatic heterocycles. The molecule has 0 spiro atoms. The largest absolute Gasteiger partial charge is 0.353 e. The summed E-state index contributed by atoms with van der Waals surface area (Å²) in [7, 11) is 0.148. The molecular formula is C21H33FN4O4S. The van der Waals surface area contributed by atoms with Crippen molar-refractivity contribution in [3.8, 4) is 0 Å². The Balaban J connectivity index is 1.73. The molecule has 0 aliphatic heterocycles. The van der Waals surface area contributed by atoms with Crippen LogP contribution in [0.25, 0.3) is 0 Å². The zero-order valence-electron chi connectivity index (χ0n) is 18.4. The van der Waals surface area contributed by atoms with Crippen LogP contribution in [-0.2, 0) is 19.6 Å². The Morgan fingerprint density at radius 3 is 2.32 bits per heavy atom. The summed E-state index contributed by atoms with van der Waals surface area (Å²) >= 11 is 0. The minimum absolute atomic E-state index is 0.0276. The second-order valence-corrected chi connectivity index (χ2v) is 10.1. The lowest BCUT2D eigenvalue weighted by molar-refractivity contribution is -0.131. The fourth-order valence-corrected chi connectivity index (χ4v) is 4.62. The highest BCUT2D eigenvalue weighted by Gasteiger charge is 2.29. The molecule has 1 aromatic rings. The molecule has 31 heavy (non-hydrogen) atoms. The predicted molar refractivity (Wildman–Crippen MR) is 116 cm³/mol. The predicted octanol–water partition coefficient (Wildman–Crippen LogP) is 1.09. The van der Waals surface area contributed by atoms with Crippen molar-refractivity contribution in [1.82, 2.24) is 20.3 Å². The van der Waals surface area contributed by atoms with Gasteiger partial charge < -0.3 is 15.5 Å². The van der Waals surface area contributed by atoms with Crippen molar-refractivity contribution in [3.63, 3.8) is 0 Å². The third kappa shape index (κ3) is 8.19. The van der Waals surface area contributed by atoms with Gasteiger partial charge in [0.2, 0.25) is 21.8 Å². The quantitative estimate of drug-likeness (QED) is 0.489. The Bertz CT molecular complexity index is 837. The lowest BCUT2D eigenvalue weighted by Gasteiger charge is -2.28. The molecule has 1 aliphatic rings. The van der Waals surface area contributed by atoms with E-state index in [0.29, 0.717) is 32.2 Å². The molecule has 2 amide bonds. The summed E-state index contributed by atoms with van der Waals surface area (Å²) in [6.45, 7) is 3.18. The molecule has 1 fully saturated rings. The second kappa shape index (κ2) is 11.5. The first-order valence-electron chi connectivity index (χ1n) is 10.6. The van der Waals surface area contributed by atoms with Crippen LogP contribution in [0.2, 0.25) is 0 Å². The van der Waals surface area contributed by atoms with E-state index in [1.807, 2.05) is 19.0 Å². The van der Waals surface area contributed by atoms with Crippen LogP contribution in [0.15, 0.2) is 29.2 Å². The lowest BCUT2D eigenvalue weighted by Crippen LogP contribution is -2.48. The minimum atomic E-state index is -3.69. The number of carbonyl (C=O) groups is 2. The highest BCUT2D eigenvalue weighted by molar-refractivity contribution is 7.89. The summed E-state index contributed by atoms with van der Waals surface area (Å²) in [5, 5.41) is 5.57. The van der Waals surface area contributed by atoms with Crippen LogP contribution in [0, 0.1) is 17.7 Å². The van der Waals surface area contributed by atoms with Gasteiger partial charge in [-0.25, -0.2) is 17.5 Å². The van der Waals surface area contributed by atoms with Gasteiger partial charge in [-0.1, -0.05) is 0 Å². The minimum Gasteiger partial charge on any atom is -0.353 e.